The Morgan fingerprint density at radius 3 is 2.47 bits per heavy atom. The van der Waals surface area contributed by atoms with E-state index in [1.807, 2.05) is 0 Å². The zero-order chi connectivity index (χ0) is 24.2. The average molecular weight is 478 g/mol. The van der Waals surface area contributed by atoms with E-state index < -0.39 is 12.1 Å². The standard InChI is InChI=1S/C19H20N6O2.C2HF3O2/c20-17-13-12-11(25(10-3-1-2-4-10)18(13)23-8-22-17)7-21-19(26)14-15(12)24-27-16(14)9-5-6-9;3-2(4,5)1(6)7/h8-10H,1-7H2,(H,21,26)(H2,20,22,23);(H,6,7). The second-order valence-corrected chi connectivity index (χ2v) is 8.62. The third-order valence-corrected chi connectivity index (χ3v) is 6.39. The van der Waals surface area contributed by atoms with Crippen molar-refractivity contribution in [3.8, 4) is 11.3 Å². The maximum atomic E-state index is 12.9. The van der Waals surface area contributed by atoms with E-state index in [4.69, 9.17) is 20.2 Å². The molecule has 0 aromatic carbocycles. The Morgan fingerprint density at radius 1 is 1.18 bits per heavy atom. The van der Waals surface area contributed by atoms with Gasteiger partial charge in [0.05, 0.1) is 11.9 Å². The highest BCUT2D eigenvalue weighted by Crippen LogP contribution is 2.48. The van der Waals surface area contributed by atoms with Gasteiger partial charge in [0.1, 0.15) is 29.0 Å². The largest absolute Gasteiger partial charge is 0.490 e. The summed E-state index contributed by atoms with van der Waals surface area (Å²) in [5.74, 6) is -1.46. The highest BCUT2D eigenvalue weighted by Gasteiger charge is 2.40. The minimum atomic E-state index is -5.08. The number of nitrogens with two attached hydrogens (primary N) is 1. The van der Waals surface area contributed by atoms with Crippen LogP contribution in [0.1, 0.15) is 72.3 Å². The molecule has 2 aliphatic carbocycles. The van der Waals surface area contributed by atoms with Crippen molar-refractivity contribution >= 4 is 28.7 Å². The Bertz CT molecular complexity index is 1290. The number of nitrogen functional groups attached to an aromatic ring is 1. The van der Waals surface area contributed by atoms with Crippen LogP contribution in [0.5, 0.6) is 0 Å². The van der Waals surface area contributed by atoms with Crippen LogP contribution in [0.15, 0.2) is 10.9 Å². The van der Waals surface area contributed by atoms with Crippen LogP contribution in [0, 0.1) is 0 Å². The molecule has 1 aliphatic heterocycles. The number of fused-ring (bicyclic) bond motifs is 5. The summed E-state index contributed by atoms with van der Waals surface area (Å²) in [7, 11) is 0. The molecule has 0 radical (unpaired) electrons. The van der Waals surface area contributed by atoms with Crippen molar-refractivity contribution in [2.45, 2.75) is 63.2 Å². The molecule has 13 heteroatoms. The van der Waals surface area contributed by atoms with E-state index in [1.54, 1.807) is 0 Å². The Hall–Kier alpha value is -3.64. The van der Waals surface area contributed by atoms with Crippen LogP contribution in [0.2, 0.25) is 0 Å². The van der Waals surface area contributed by atoms with Crippen LogP contribution in [-0.4, -0.2) is 42.9 Å². The van der Waals surface area contributed by atoms with E-state index in [0.29, 0.717) is 41.3 Å². The third-order valence-electron chi connectivity index (χ3n) is 6.39. The maximum Gasteiger partial charge on any atom is 0.490 e. The van der Waals surface area contributed by atoms with Crippen LogP contribution in [0.25, 0.3) is 22.3 Å². The van der Waals surface area contributed by atoms with Crippen molar-refractivity contribution in [1.29, 1.82) is 0 Å². The van der Waals surface area contributed by atoms with E-state index in [0.717, 1.165) is 48.0 Å². The summed E-state index contributed by atoms with van der Waals surface area (Å²) < 4.78 is 39.6. The number of alkyl halides is 3. The molecule has 6 rings (SSSR count). The predicted molar refractivity (Wildman–Crippen MR) is 112 cm³/mol. The number of hydrogen-bond acceptors (Lipinski definition) is 7. The summed E-state index contributed by atoms with van der Waals surface area (Å²) >= 11 is 0. The Kier molecular flexibility index (Phi) is 5.21. The summed E-state index contributed by atoms with van der Waals surface area (Å²) in [5.41, 5.74) is 10.1. The first-order valence-corrected chi connectivity index (χ1v) is 10.9. The topological polar surface area (TPSA) is 149 Å². The van der Waals surface area contributed by atoms with E-state index in [1.165, 1.54) is 19.2 Å². The fourth-order valence-electron chi connectivity index (χ4n) is 4.76. The van der Waals surface area contributed by atoms with E-state index in [2.05, 4.69) is 25.0 Å². The van der Waals surface area contributed by atoms with Gasteiger partial charge in [0.15, 0.2) is 5.76 Å². The number of hydrogen-bond donors (Lipinski definition) is 3. The molecule has 3 aromatic rings. The monoisotopic (exact) mass is 478 g/mol. The number of halogens is 3. The first-order chi connectivity index (χ1) is 16.2. The van der Waals surface area contributed by atoms with Crippen molar-refractivity contribution in [3.63, 3.8) is 0 Å². The molecule has 0 unspecified atom stereocenters. The lowest BCUT2D eigenvalue weighted by atomic mass is 10.0. The van der Waals surface area contributed by atoms with Crippen molar-refractivity contribution in [2.75, 3.05) is 5.73 Å². The number of anilines is 1. The van der Waals surface area contributed by atoms with Crippen LogP contribution in [0.4, 0.5) is 19.0 Å². The number of nitrogens with one attached hydrogen (secondary N) is 1. The van der Waals surface area contributed by atoms with Gasteiger partial charge in [0, 0.05) is 23.2 Å². The molecular weight excluding hydrogens is 457 g/mol. The molecule has 34 heavy (non-hydrogen) atoms. The number of carboxylic acid groups (broad SMARTS) is 1. The number of carbonyl (C=O) groups is 2. The van der Waals surface area contributed by atoms with Crippen LogP contribution >= 0.6 is 0 Å². The van der Waals surface area contributed by atoms with Crippen molar-refractivity contribution in [1.82, 2.24) is 25.0 Å². The van der Waals surface area contributed by atoms with Gasteiger partial charge >= 0.3 is 12.1 Å². The lowest BCUT2D eigenvalue weighted by Gasteiger charge is -2.17. The second kappa shape index (κ2) is 7.99. The number of nitrogens with zero attached hydrogens (tertiary/aromatic N) is 4. The molecule has 1 amide bonds. The lowest BCUT2D eigenvalue weighted by molar-refractivity contribution is -0.192. The summed E-state index contributed by atoms with van der Waals surface area (Å²) in [6.45, 7) is 0.431. The number of aliphatic carboxylic acids is 1. The van der Waals surface area contributed by atoms with Gasteiger partial charge in [-0.1, -0.05) is 18.0 Å². The number of aromatic nitrogens is 4. The van der Waals surface area contributed by atoms with Gasteiger partial charge < -0.3 is 25.2 Å². The molecule has 2 saturated carbocycles. The Morgan fingerprint density at radius 2 is 1.85 bits per heavy atom. The average Bonchev–Trinajstić information content (AvgIpc) is 3.20. The molecule has 0 saturated heterocycles. The fraction of sp³-hybridized carbons (Fsp3) is 0.476. The normalized spacial score (nSPS) is 18.0. The van der Waals surface area contributed by atoms with Gasteiger partial charge in [-0.2, -0.15) is 13.2 Å². The van der Waals surface area contributed by atoms with Gasteiger partial charge in [-0.05, 0) is 25.7 Å². The SMILES string of the molecule is Nc1ncnc2c1c1c(n2C2CCCC2)CNC(=O)c2c-1noc2C1CC1.O=C(O)C(F)(F)F. The number of carboxylic acids is 1. The highest BCUT2D eigenvalue weighted by molar-refractivity contribution is 6.09. The predicted octanol–water partition coefficient (Wildman–Crippen LogP) is 3.54. The summed E-state index contributed by atoms with van der Waals surface area (Å²) in [6.07, 6.45) is 3.12. The Labute approximate surface area is 190 Å². The Balaban J connectivity index is 0.000000304. The summed E-state index contributed by atoms with van der Waals surface area (Å²) in [5, 5.41) is 15.3. The molecule has 0 bridgehead atoms. The summed E-state index contributed by atoms with van der Waals surface area (Å²) in [6, 6.07) is 0.360. The first kappa shape index (κ1) is 22.2. The zero-order valence-corrected chi connectivity index (χ0v) is 17.9. The van der Waals surface area contributed by atoms with Gasteiger partial charge in [-0.25, -0.2) is 14.8 Å². The molecule has 0 atom stereocenters. The molecule has 4 N–H and O–H groups in total. The smallest absolute Gasteiger partial charge is 0.475 e. The van der Waals surface area contributed by atoms with E-state index in [9.17, 15) is 18.0 Å². The van der Waals surface area contributed by atoms with E-state index in [-0.39, 0.29) is 5.91 Å². The molecule has 180 valence electrons. The van der Waals surface area contributed by atoms with Crippen LogP contribution < -0.4 is 11.1 Å². The zero-order valence-electron chi connectivity index (χ0n) is 17.9. The van der Waals surface area contributed by atoms with Crippen LogP contribution in [-0.2, 0) is 11.3 Å². The number of rotatable bonds is 2. The molecule has 4 heterocycles. The van der Waals surface area contributed by atoms with Gasteiger partial charge in [-0.3, -0.25) is 4.79 Å². The van der Waals surface area contributed by atoms with Crippen molar-refractivity contribution in [2.24, 2.45) is 0 Å². The number of amides is 1. The van der Waals surface area contributed by atoms with Crippen molar-refractivity contribution in [3.05, 3.63) is 23.3 Å². The molecule has 3 aromatic heterocycles. The highest BCUT2D eigenvalue weighted by atomic mass is 19.4. The first-order valence-electron chi connectivity index (χ1n) is 10.9. The van der Waals surface area contributed by atoms with Gasteiger partial charge in [0.2, 0.25) is 0 Å². The maximum absolute atomic E-state index is 12.9. The quantitative estimate of drug-likeness (QED) is 0.506. The summed E-state index contributed by atoms with van der Waals surface area (Å²) in [4.78, 5) is 30.5. The molecule has 3 aliphatic rings. The fourth-order valence-corrected chi connectivity index (χ4v) is 4.76. The van der Waals surface area contributed by atoms with E-state index >= 15 is 0 Å². The van der Waals surface area contributed by atoms with Gasteiger partial charge in [-0.15, -0.1) is 0 Å². The van der Waals surface area contributed by atoms with Gasteiger partial charge in [0.25, 0.3) is 5.91 Å². The minimum Gasteiger partial charge on any atom is -0.475 e. The molecular formula is C21H21F3N6O4. The molecule has 10 nitrogen and oxygen atoms in total. The molecule has 2 fully saturated rings. The lowest BCUT2D eigenvalue weighted by Crippen LogP contribution is -2.24. The molecule has 0 spiro atoms. The number of carbonyl (C=O) groups excluding carboxylic acids is 1. The minimum absolute atomic E-state index is 0.120. The van der Waals surface area contributed by atoms with Crippen LogP contribution in [0.3, 0.4) is 0 Å². The second-order valence-electron chi connectivity index (χ2n) is 8.62. The van der Waals surface area contributed by atoms with Crippen molar-refractivity contribution < 1.29 is 32.4 Å². The third kappa shape index (κ3) is 3.64.